The van der Waals surface area contributed by atoms with Gasteiger partial charge in [-0.15, -0.1) is 0 Å². The number of aromatic nitrogens is 1. The highest BCUT2D eigenvalue weighted by Crippen LogP contribution is 2.27. The highest BCUT2D eigenvalue weighted by atomic mass is 16.3. The SMILES string of the molecule is CC1CCN(CC(O)CN2CCc3c([nH]c4ccccc34)C2)CC1. The lowest BCUT2D eigenvalue weighted by Crippen LogP contribution is -2.44. The Morgan fingerprint density at radius 2 is 1.88 bits per heavy atom. The molecule has 0 bridgehead atoms. The molecule has 130 valence electrons. The number of nitrogens with zero attached hydrogens (tertiary/aromatic N) is 2. The van der Waals surface area contributed by atoms with Gasteiger partial charge in [0.05, 0.1) is 6.10 Å². The highest BCUT2D eigenvalue weighted by Gasteiger charge is 2.24. The second-order valence-electron chi connectivity index (χ2n) is 7.75. The topological polar surface area (TPSA) is 42.5 Å². The van der Waals surface area contributed by atoms with Gasteiger partial charge in [0, 0.05) is 42.8 Å². The van der Waals surface area contributed by atoms with Crippen molar-refractivity contribution in [2.45, 2.75) is 38.8 Å². The molecule has 2 aliphatic rings. The van der Waals surface area contributed by atoms with Crippen molar-refractivity contribution in [1.82, 2.24) is 14.8 Å². The van der Waals surface area contributed by atoms with Gasteiger partial charge in [0.1, 0.15) is 0 Å². The predicted octanol–water partition coefficient (Wildman–Crippen LogP) is 2.62. The van der Waals surface area contributed by atoms with Crippen LogP contribution in [0.5, 0.6) is 0 Å². The van der Waals surface area contributed by atoms with Crippen molar-refractivity contribution < 1.29 is 5.11 Å². The van der Waals surface area contributed by atoms with E-state index in [2.05, 4.69) is 46.0 Å². The Balaban J connectivity index is 1.35. The standard InChI is InChI=1S/C20H29N3O/c1-15-6-9-22(10-7-15)12-16(24)13-23-11-8-18-17-4-2-3-5-19(17)21-20(18)14-23/h2-5,15-16,21,24H,6-14H2,1H3. The normalized spacial score (nSPS) is 21.9. The number of aliphatic hydroxyl groups is 1. The first kappa shape index (κ1) is 16.1. The first-order valence-corrected chi connectivity index (χ1v) is 9.40. The van der Waals surface area contributed by atoms with E-state index in [0.29, 0.717) is 0 Å². The molecule has 1 saturated heterocycles. The smallest absolute Gasteiger partial charge is 0.0793 e. The fourth-order valence-electron chi connectivity index (χ4n) is 4.30. The molecule has 4 rings (SSSR count). The molecule has 1 unspecified atom stereocenters. The van der Waals surface area contributed by atoms with E-state index in [1.165, 1.54) is 35.0 Å². The molecule has 0 radical (unpaired) electrons. The second kappa shape index (κ2) is 6.87. The van der Waals surface area contributed by atoms with Gasteiger partial charge < -0.3 is 15.0 Å². The van der Waals surface area contributed by atoms with Gasteiger partial charge in [-0.05, 0) is 49.9 Å². The summed E-state index contributed by atoms with van der Waals surface area (Å²) in [7, 11) is 0. The van der Waals surface area contributed by atoms with E-state index in [1.807, 2.05) is 0 Å². The number of aromatic amines is 1. The van der Waals surface area contributed by atoms with Gasteiger partial charge in [-0.1, -0.05) is 25.1 Å². The number of para-hydroxylation sites is 1. The zero-order chi connectivity index (χ0) is 16.5. The van der Waals surface area contributed by atoms with Crippen molar-refractivity contribution in [3.63, 3.8) is 0 Å². The zero-order valence-corrected chi connectivity index (χ0v) is 14.7. The molecular formula is C20H29N3O. The van der Waals surface area contributed by atoms with Crippen LogP contribution in [0.4, 0.5) is 0 Å². The Morgan fingerprint density at radius 3 is 2.71 bits per heavy atom. The number of rotatable bonds is 4. The minimum atomic E-state index is -0.246. The Kier molecular flexibility index (Phi) is 4.61. The quantitative estimate of drug-likeness (QED) is 0.907. The third-order valence-corrected chi connectivity index (χ3v) is 5.78. The number of nitrogens with one attached hydrogen (secondary N) is 1. The Hall–Kier alpha value is -1.36. The fourth-order valence-corrected chi connectivity index (χ4v) is 4.30. The lowest BCUT2D eigenvalue weighted by atomic mass is 9.99. The molecule has 24 heavy (non-hydrogen) atoms. The zero-order valence-electron chi connectivity index (χ0n) is 14.7. The first-order chi connectivity index (χ1) is 11.7. The van der Waals surface area contributed by atoms with E-state index in [1.54, 1.807) is 0 Å². The maximum Gasteiger partial charge on any atom is 0.0793 e. The van der Waals surface area contributed by atoms with Crippen LogP contribution in [0.2, 0.25) is 0 Å². The number of β-amino-alcohol motifs (C(OH)–C–C–N with tert-alkyl or cyclic N) is 1. The maximum atomic E-state index is 10.5. The minimum Gasteiger partial charge on any atom is -0.390 e. The van der Waals surface area contributed by atoms with Crippen LogP contribution in [-0.4, -0.2) is 58.7 Å². The molecule has 3 heterocycles. The van der Waals surface area contributed by atoms with Crippen LogP contribution in [0.1, 0.15) is 31.0 Å². The van der Waals surface area contributed by atoms with Crippen molar-refractivity contribution >= 4 is 10.9 Å². The molecule has 1 aromatic heterocycles. The summed E-state index contributed by atoms with van der Waals surface area (Å²) in [5.74, 6) is 0.848. The molecule has 2 aliphatic heterocycles. The van der Waals surface area contributed by atoms with Crippen LogP contribution in [0.15, 0.2) is 24.3 Å². The summed E-state index contributed by atoms with van der Waals surface area (Å²) in [6.45, 7) is 8.19. The predicted molar refractivity (Wildman–Crippen MR) is 98.1 cm³/mol. The minimum absolute atomic E-state index is 0.246. The largest absolute Gasteiger partial charge is 0.390 e. The summed E-state index contributed by atoms with van der Waals surface area (Å²) in [6, 6.07) is 8.58. The van der Waals surface area contributed by atoms with Gasteiger partial charge >= 0.3 is 0 Å². The van der Waals surface area contributed by atoms with Crippen molar-refractivity contribution in [1.29, 1.82) is 0 Å². The third-order valence-electron chi connectivity index (χ3n) is 5.78. The van der Waals surface area contributed by atoms with Crippen LogP contribution >= 0.6 is 0 Å². The molecule has 4 nitrogen and oxygen atoms in total. The van der Waals surface area contributed by atoms with E-state index in [0.717, 1.165) is 51.6 Å². The van der Waals surface area contributed by atoms with Gasteiger partial charge in [-0.25, -0.2) is 0 Å². The van der Waals surface area contributed by atoms with Gasteiger partial charge in [-0.3, -0.25) is 4.90 Å². The van der Waals surface area contributed by atoms with Crippen LogP contribution in [0.25, 0.3) is 10.9 Å². The molecule has 0 saturated carbocycles. The monoisotopic (exact) mass is 327 g/mol. The fraction of sp³-hybridized carbons (Fsp3) is 0.600. The van der Waals surface area contributed by atoms with Gasteiger partial charge in [-0.2, -0.15) is 0 Å². The number of hydrogen-bond acceptors (Lipinski definition) is 3. The summed E-state index contributed by atoms with van der Waals surface area (Å²) >= 11 is 0. The molecular weight excluding hydrogens is 298 g/mol. The van der Waals surface area contributed by atoms with Crippen LogP contribution in [0, 0.1) is 5.92 Å². The average molecular weight is 327 g/mol. The Bertz CT molecular complexity index is 687. The summed E-state index contributed by atoms with van der Waals surface area (Å²) in [5, 5.41) is 11.9. The second-order valence-corrected chi connectivity index (χ2v) is 7.75. The number of benzene rings is 1. The van der Waals surface area contributed by atoms with Gasteiger partial charge in [0.15, 0.2) is 0 Å². The summed E-state index contributed by atoms with van der Waals surface area (Å²) < 4.78 is 0. The van der Waals surface area contributed by atoms with Crippen molar-refractivity contribution in [3.05, 3.63) is 35.5 Å². The van der Waals surface area contributed by atoms with E-state index in [-0.39, 0.29) is 6.10 Å². The van der Waals surface area contributed by atoms with E-state index < -0.39 is 0 Å². The third kappa shape index (κ3) is 3.37. The number of likely N-dealkylation sites (tertiary alicyclic amines) is 1. The number of aliphatic hydroxyl groups excluding tert-OH is 1. The number of H-pyrrole nitrogens is 1. The van der Waals surface area contributed by atoms with E-state index >= 15 is 0 Å². The van der Waals surface area contributed by atoms with Gasteiger partial charge in [0.25, 0.3) is 0 Å². The first-order valence-electron chi connectivity index (χ1n) is 9.40. The molecule has 1 fully saturated rings. The lowest BCUT2D eigenvalue weighted by Gasteiger charge is -2.34. The molecule has 1 atom stereocenters. The summed E-state index contributed by atoms with van der Waals surface area (Å²) in [5.41, 5.74) is 4.05. The maximum absolute atomic E-state index is 10.5. The summed E-state index contributed by atoms with van der Waals surface area (Å²) in [4.78, 5) is 8.40. The van der Waals surface area contributed by atoms with Gasteiger partial charge in [0.2, 0.25) is 0 Å². The molecule has 0 aliphatic carbocycles. The van der Waals surface area contributed by atoms with Crippen molar-refractivity contribution in [2.75, 3.05) is 32.7 Å². The molecule has 2 aromatic rings. The molecule has 0 amide bonds. The lowest BCUT2D eigenvalue weighted by molar-refractivity contribution is 0.0573. The number of fused-ring (bicyclic) bond motifs is 3. The van der Waals surface area contributed by atoms with Crippen LogP contribution in [-0.2, 0) is 13.0 Å². The van der Waals surface area contributed by atoms with Crippen LogP contribution in [0.3, 0.4) is 0 Å². The molecule has 4 heteroatoms. The van der Waals surface area contributed by atoms with E-state index in [9.17, 15) is 5.11 Å². The summed E-state index contributed by atoms with van der Waals surface area (Å²) in [6.07, 6.45) is 3.38. The number of piperidine rings is 1. The van der Waals surface area contributed by atoms with E-state index in [4.69, 9.17) is 0 Å². The Morgan fingerprint density at radius 1 is 1.12 bits per heavy atom. The molecule has 1 aromatic carbocycles. The van der Waals surface area contributed by atoms with Crippen molar-refractivity contribution in [2.24, 2.45) is 5.92 Å². The highest BCUT2D eigenvalue weighted by molar-refractivity contribution is 5.84. The average Bonchev–Trinajstić information content (AvgIpc) is 2.94. The molecule has 0 spiro atoms. The molecule has 2 N–H and O–H groups in total. The van der Waals surface area contributed by atoms with Crippen molar-refractivity contribution in [3.8, 4) is 0 Å². The van der Waals surface area contributed by atoms with Crippen LogP contribution < -0.4 is 0 Å². The number of hydrogen-bond donors (Lipinski definition) is 2. The Labute approximate surface area is 144 Å².